The van der Waals surface area contributed by atoms with E-state index in [9.17, 15) is 4.79 Å². The summed E-state index contributed by atoms with van der Waals surface area (Å²) in [5, 5.41) is 6.33. The van der Waals surface area contributed by atoms with E-state index in [0.717, 1.165) is 32.7 Å². The number of hydrogen-bond acceptors (Lipinski definition) is 5. The Kier molecular flexibility index (Phi) is 6.42. The molecule has 1 amide bonds. The van der Waals surface area contributed by atoms with E-state index in [0.29, 0.717) is 26.0 Å². The molecular formula is C19H29N3O3. The first kappa shape index (κ1) is 18.3. The summed E-state index contributed by atoms with van der Waals surface area (Å²) in [6, 6.07) is 10.5. The Hall–Kier alpha value is -1.47. The Morgan fingerprint density at radius 2 is 2.12 bits per heavy atom. The van der Waals surface area contributed by atoms with Gasteiger partial charge < -0.3 is 20.1 Å². The zero-order valence-corrected chi connectivity index (χ0v) is 15.0. The quantitative estimate of drug-likeness (QED) is 0.796. The summed E-state index contributed by atoms with van der Waals surface area (Å²) in [6.45, 7) is 5.53. The van der Waals surface area contributed by atoms with Crippen LogP contribution < -0.4 is 10.6 Å². The van der Waals surface area contributed by atoms with E-state index in [1.807, 2.05) is 6.07 Å². The summed E-state index contributed by atoms with van der Waals surface area (Å²) >= 11 is 0. The topological polar surface area (TPSA) is 62.8 Å². The van der Waals surface area contributed by atoms with Crippen molar-refractivity contribution in [2.45, 2.75) is 31.1 Å². The molecule has 0 spiro atoms. The van der Waals surface area contributed by atoms with Crippen LogP contribution in [0.25, 0.3) is 0 Å². The molecule has 1 aromatic rings. The molecule has 0 aromatic heterocycles. The number of carbonyl (C=O) groups excluding carboxylic acids is 1. The van der Waals surface area contributed by atoms with E-state index in [-0.39, 0.29) is 12.0 Å². The standard InChI is InChI=1S/C19H29N3O3/c1-24-19(7-9-20-10-8-19)18(23)21-13-17-15-22(11-12-25-17)14-16-5-3-2-4-6-16/h2-6,17,20H,7-15H2,1H3,(H,21,23). The normalized spacial score (nSPS) is 24.0. The Morgan fingerprint density at radius 3 is 2.84 bits per heavy atom. The molecule has 3 rings (SSSR count). The van der Waals surface area contributed by atoms with Gasteiger partial charge in [0.05, 0.1) is 12.7 Å². The molecule has 0 bridgehead atoms. The lowest BCUT2D eigenvalue weighted by molar-refractivity contribution is -0.147. The highest BCUT2D eigenvalue weighted by molar-refractivity contribution is 5.85. The van der Waals surface area contributed by atoms with Crippen LogP contribution in [-0.4, -0.2) is 69.0 Å². The minimum atomic E-state index is -0.691. The third-order valence-electron chi connectivity index (χ3n) is 5.18. The molecule has 2 fully saturated rings. The van der Waals surface area contributed by atoms with Crippen LogP contribution in [0.2, 0.25) is 0 Å². The monoisotopic (exact) mass is 347 g/mol. The molecule has 2 heterocycles. The fourth-order valence-corrected chi connectivity index (χ4v) is 3.61. The number of nitrogens with one attached hydrogen (secondary N) is 2. The SMILES string of the molecule is COC1(C(=O)NCC2CN(Cc3ccccc3)CCO2)CCNCC1. The first-order valence-electron chi connectivity index (χ1n) is 9.14. The van der Waals surface area contributed by atoms with E-state index in [1.54, 1.807) is 7.11 Å². The smallest absolute Gasteiger partial charge is 0.252 e. The first-order chi connectivity index (χ1) is 12.2. The second-order valence-corrected chi connectivity index (χ2v) is 6.87. The van der Waals surface area contributed by atoms with E-state index in [4.69, 9.17) is 9.47 Å². The molecular weight excluding hydrogens is 318 g/mol. The second kappa shape index (κ2) is 8.76. The number of rotatable bonds is 6. The number of hydrogen-bond donors (Lipinski definition) is 2. The number of carbonyl (C=O) groups is 1. The molecule has 1 aromatic carbocycles. The Labute approximate surface area is 149 Å². The van der Waals surface area contributed by atoms with Gasteiger partial charge in [-0.1, -0.05) is 30.3 Å². The van der Waals surface area contributed by atoms with Gasteiger partial charge in [-0.05, 0) is 31.5 Å². The third kappa shape index (κ3) is 4.79. The molecule has 0 saturated carbocycles. The summed E-state index contributed by atoms with van der Waals surface area (Å²) in [4.78, 5) is 15.0. The molecule has 6 nitrogen and oxygen atoms in total. The number of ether oxygens (including phenoxy) is 2. The van der Waals surface area contributed by atoms with Gasteiger partial charge in [0.2, 0.25) is 0 Å². The molecule has 2 saturated heterocycles. The van der Waals surface area contributed by atoms with Gasteiger partial charge in [-0.3, -0.25) is 9.69 Å². The molecule has 6 heteroatoms. The van der Waals surface area contributed by atoms with Crippen molar-refractivity contribution >= 4 is 5.91 Å². The van der Waals surface area contributed by atoms with Crippen LogP contribution >= 0.6 is 0 Å². The highest BCUT2D eigenvalue weighted by atomic mass is 16.5. The van der Waals surface area contributed by atoms with E-state index >= 15 is 0 Å². The summed E-state index contributed by atoms with van der Waals surface area (Å²) in [7, 11) is 1.63. The van der Waals surface area contributed by atoms with Gasteiger partial charge in [-0.25, -0.2) is 0 Å². The predicted molar refractivity (Wildman–Crippen MR) is 96.3 cm³/mol. The van der Waals surface area contributed by atoms with Crippen LogP contribution in [0.4, 0.5) is 0 Å². The number of morpholine rings is 1. The number of piperidine rings is 1. The minimum absolute atomic E-state index is 0.0136. The molecule has 0 aliphatic carbocycles. The number of methoxy groups -OCH3 is 1. The van der Waals surface area contributed by atoms with Crippen molar-refractivity contribution in [3.05, 3.63) is 35.9 Å². The number of nitrogens with zero attached hydrogens (tertiary/aromatic N) is 1. The van der Waals surface area contributed by atoms with Crippen molar-refractivity contribution < 1.29 is 14.3 Å². The molecule has 1 atom stereocenters. The zero-order chi connectivity index (χ0) is 17.5. The predicted octanol–water partition coefficient (Wildman–Crippen LogP) is 0.772. The van der Waals surface area contributed by atoms with E-state index in [1.165, 1.54) is 5.56 Å². The van der Waals surface area contributed by atoms with E-state index < -0.39 is 5.60 Å². The molecule has 2 aliphatic heterocycles. The Balaban J connectivity index is 1.48. The van der Waals surface area contributed by atoms with Crippen molar-refractivity contribution in [2.75, 3.05) is 46.4 Å². The third-order valence-corrected chi connectivity index (χ3v) is 5.18. The van der Waals surface area contributed by atoms with Crippen molar-refractivity contribution in [1.82, 2.24) is 15.5 Å². The highest BCUT2D eigenvalue weighted by Gasteiger charge is 2.39. The fraction of sp³-hybridized carbons (Fsp3) is 0.632. The van der Waals surface area contributed by atoms with Crippen molar-refractivity contribution in [3.63, 3.8) is 0 Å². The maximum atomic E-state index is 12.6. The Bertz CT molecular complexity index is 546. The van der Waals surface area contributed by atoms with Crippen LogP contribution in [0.3, 0.4) is 0 Å². The highest BCUT2D eigenvalue weighted by Crippen LogP contribution is 2.22. The molecule has 2 aliphatic rings. The average Bonchev–Trinajstić information content (AvgIpc) is 2.68. The van der Waals surface area contributed by atoms with Crippen LogP contribution in [-0.2, 0) is 20.8 Å². The van der Waals surface area contributed by atoms with Gasteiger partial charge in [0, 0.05) is 33.3 Å². The molecule has 2 N–H and O–H groups in total. The lowest BCUT2D eigenvalue weighted by Crippen LogP contribution is -2.56. The van der Waals surface area contributed by atoms with Gasteiger partial charge >= 0.3 is 0 Å². The fourth-order valence-electron chi connectivity index (χ4n) is 3.61. The molecule has 0 radical (unpaired) electrons. The van der Waals surface area contributed by atoms with Crippen LogP contribution in [0, 0.1) is 0 Å². The maximum Gasteiger partial charge on any atom is 0.252 e. The van der Waals surface area contributed by atoms with Gasteiger partial charge in [-0.2, -0.15) is 0 Å². The van der Waals surface area contributed by atoms with Gasteiger partial charge in [0.15, 0.2) is 0 Å². The number of benzene rings is 1. The lowest BCUT2D eigenvalue weighted by Gasteiger charge is -2.36. The van der Waals surface area contributed by atoms with Crippen molar-refractivity contribution in [2.24, 2.45) is 0 Å². The largest absolute Gasteiger partial charge is 0.374 e. The summed E-state index contributed by atoms with van der Waals surface area (Å²) in [6.07, 6.45) is 1.44. The van der Waals surface area contributed by atoms with Crippen molar-refractivity contribution in [1.29, 1.82) is 0 Å². The van der Waals surface area contributed by atoms with Gasteiger partial charge in [0.25, 0.3) is 5.91 Å². The molecule has 1 unspecified atom stereocenters. The molecule has 25 heavy (non-hydrogen) atoms. The first-order valence-corrected chi connectivity index (χ1v) is 9.14. The summed E-state index contributed by atoms with van der Waals surface area (Å²) < 4.78 is 11.4. The summed E-state index contributed by atoms with van der Waals surface area (Å²) in [5.41, 5.74) is 0.615. The Morgan fingerprint density at radius 1 is 1.36 bits per heavy atom. The zero-order valence-electron chi connectivity index (χ0n) is 15.0. The molecule has 138 valence electrons. The summed E-state index contributed by atoms with van der Waals surface area (Å²) in [5.74, 6) is -0.0136. The average molecular weight is 347 g/mol. The maximum absolute atomic E-state index is 12.6. The van der Waals surface area contributed by atoms with Crippen LogP contribution in [0.15, 0.2) is 30.3 Å². The van der Waals surface area contributed by atoms with Crippen LogP contribution in [0.5, 0.6) is 0 Å². The van der Waals surface area contributed by atoms with Crippen LogP contribution in [0.1, 0.15) is 18.4 Å². The lowest BCUT2D eigenvalue weighted by atomic mass is 9.91. The number of amides is 1. The van der Waals surface area contributed by atoms with Crippen molar-refractivity contribution in [3.8, 4) is 0 Å². The second-order valence-electron chi connectivity index (χ2n) is 6.87. The van der Waals surface area contributed by atoms with E-state index in [2.05, 4.69) is 39.8 Å². The minimum Gasteiger partial charge on any atom is -0.374 e. The van der Waals surface area contributed by atoms with Gasteiger partial charge in [0.1, 0.15) is 5.60 Å². The van der Waals surface area contributed by atoms with Gasteiger partial charge in [-0.15, -0.1) is 0 Å².